The van der Waals surface area contributed by atoms with Crippen LogP contribution in [0.5, 0.6) is 0 Å². The molecule has 3 radical (unpaired) electrons. The third-order valence-electron chi connectivity index (χ3n) is 0.202. The van der Waals surface area contributed by atoms with Gasteiger partial charge in [0.2, 0.25) is 0 Å². The maximum absolute atomic E-state index is 9.26. The van der Waals surface area contributed by atoms with Crippen molar-refractivity contribution >= 4 is 0 Å². The average Bonchev–Trinajstić information content (AvgIpc) is 1.76. The van der Waals surface area contributed by atoms with Crippen LogP contribution in [0.2, 0.25) is 0 Å². The predicted molar refractivity (Wildman–Crippen MR) is 7.58 cm³/mol. The van der Waals surface area contributed by atoms with Crippen LogP contribution >= 0.6 is 0 Å². The van der Waals surface area contributed by atoms with E-state index in [1.54, 1.807) is 0 Å². The van der Waals surface area contributed by atoms with Crippen LogP contribution in [0.1, 0.15) is 0 Å². The van der Waals surface area contributed by atoms with Crippen LogP contribution in [-0.2, 0) is 68.0 Å². The van der Waals surface area contributed by atoms with Gasteiger partial charge in [0, 0.05) is 58.0 Å². The van der Waals surface area contributed by atoms with Crippen molar-refractivity contribution in [3.8, 4) is 0 Å². The topological polar surface area (TPSA) is 68.3 Å². The molecule has 1 N–H and O–H groups in total. The molecule has 1 aliphatic heterocycles. The molecule has 1 heterocycles. The van der Waals surface area contributed by atoms with Gasteiger partial charge in [0.05, 0.1) is 0 Å². The molecular formula is HAgCuNO4V. The summed E-state index contributed by atoms with van der Waals surface area (Å²) in [6.07, 6.45) is 0. The van der Waals surface area contributed by atoms with Gasteiger partial charge in [-0.15, -0.1) is 5.21 Å². The predicted octanol–water partition coefficient (Wildman–Crippen LogP) is -0.526. The van der Waals surface area contributed by atoms with Crippen LogP contribution in [0, 0.1) is 5.21 Å². The van der Waals surface area contributed by atoms with Gasteiger partial charge in [-0.05, 0) is 0 Å². The van der Waals surface area contributed by atoms with E-state index in [4.69, 9.17) is 5.21 Å². The van der Waals surface area contributed by atoms with Crippen LogP contribution in [0.25, 0.3) is 0 Å². The molecule has 0 aliphatic carbocycles. The molecule has 1 saturated heterocycles. The van der Waals surface area contributed by atoms with E-state index in [1.807, 2.05) is 0 Å². The van der Waals surface area contributed by atoms with E-state index < -0.39 is 5.14 Å². The van der Waals surface area contributed by atoms with Crippen molar-refractivity contribution in [2.45, 2.75) is 0 Å². The fraction of sp³-hybridized carbons (Fsp3) is 0. The molecule has 0 aromatic heterocycles. The van der Waals surface area contributed by atoms with Crippen molar-refractivity contribution < 1.29 is 78.3 Å². The smallest absolute Gasteiger partial charge is 0.154 e. The standard InChI is InChI=1S/Ag.Cu.HNO4.V/c;;2-1(3)4-5-1;/h;;2H;. The zero-order valence-corrected chi connectivity index (χ0v) is 6.99. The minimum absolute atomic E-state index is 0. The normalized spacial score (nSPS) is 18.8. The van der Waals surface area contributed by atoms with Crippen molar-refractivity contribution in [3.63, 3.8) is 0 Å². The van der Waals surface area contributed by atoms with Crippen molar-refractivity contribution in [1.29, 1.82) is 0 Å². The van der Waals surface area contributed by atoms with E-state index >= 15 is 0 Å². The Bertz CT molecular complexity index is 54.0. The van der Waals surface area contributed by atoms with Gasteiger partial charge in [-0.2, -0.15) is 0 Å². The molecule has 8 heavy (non-hydrogen) atoms. The summed E-state index contributed by atoms with van der Waals surface area (Å²) in [6, 6.07) is 0. The Morgan fingerprint density at radius 3 is 1.50 bits per heavy atom. The number of rotatable bonds is 0. The average molecular weight is 301 g/mol. The van der Waals surface area contributed by atoms with Crippen LogP contribution in [0.4, 0.5) is 0 Å². The summed E-state index contributed by atoms with van der Waals surface area (Å²) in [6.45, 7) is 0. The van der Waals surface area contributed by atoms with Crippen LogP contribution in [-0.4, -0.2) is 10.3 Å². The molecule has 0 aromatic rings. The van der Waals surface area contributed by atoms with Crippen LogP contribution in [0.3, 0.4) is 0 Å². The van der Waals surface area contributed by atoms with Crippen molar-refractivity contribution in [3.05, 3.63) is 5.21 Å². The van der Waals surface area contributed by atoms with Gasteiger partial charge in [-0.1, -0.05) is 0 Å². The maximum Gasteiger partial charge on any atom is 0.154 e. The largest absolute Gasteiger partial charge is 0.523 e. The zero-order chi connectivity index (χ0) is 3.91. The molecule has 0 unspecified atom stereocenters. The SMILES string of the molecule is [Ag].[Cu].[O-][N+]1(O)OO1.[V]. The number of nitrogens with zero attached hydrogens (tertiary/aromatic N) is 1. The second kappa shape index (κ2) is 5.43. The Labute approximate surface area is 83.1 Å². The van der Waals surface area contributed by atoms with Crippen molar-refractivity contribution in [1.82, 2.24) is 0 Å². The molecule has 0 amide bonds. The fourth-order valence-corrected chi connectivity index (χ4v) is 0.0285. The summed E-state index contributed by atoms with van der Waals surface area (Å²) in [5.41, 5.74) is 0. The van der Waals surface area contributed by atoms with E-state index in [0.717, 1.165) is 0 Å². The van der Waals surface area contributed by atoms with Crippen LogP contribution in [0.15, 0.2) is 0 Å². The van der Waals surface area contributed by atoms with Gasteiger partial charge in [0.25, 0.3) is 0 Å². The summed E-state index contributed by atoms with van der Waals surface area (Å²) < 4.78 is 0. The van der Waals surface area contributed by atoms with Gasteiger partial charge in [0.15, 0.2) is 5.14 Å². The Hall–Kier alpha value is 1.64. The quantitative estimate of drug-likeness (QED) is 0.215. The van der Waals surface area contributed by atoms with Crippen molar-refractivity contribution in [2.75, 3.05) is 0 Å². The minimum Gasteiger partial charge on any atom is -0.523 e. The molecular weight excluding hydrogens is 300 g/mol. The molecule has 0 aromatic carbocycles. The fourth-order valence-electron chi connectivity index (χ4n) is 0.0285. The molecule has 1 rings (SSSR count). The Balaban J connectivity index is -0.0000000833. The van der Waals surface area contributed by atoms with Gasteiger partial charge in [0.1, 0.15) is 9.98 Å². The molecule has 0 spiro atoms. The Kier molecular flexibility index (Phi) is 11.1. The minimum atomic E-state index is -2.00. The summed E-state index contributed by atoms with van der Waals surface area (Å²) in [7, 11) is 0. The summed E-state index contributed by atoms with van der Waals surface area (Å²) in [5, 5.41) is 14.8. The van der Waals surface area contributed by atoms with Crippen LogP contribution < -0.4 is 0 Å². The summed E-state index contributed by atoms with van der Waals surface area (Å²) in [5.74, 6) is 0. The van der Waals surface area contributed by atoms with E-state index in [1.165, 1.54) is 0 Å². The van der Waals surface area contributed by atoms with Gasteiger partial charge >= 0.3 is 0 Å². The molecule has 0 atom stereocenters. The number of hydrogen-bond acceptors (Lipinski definition) is 4. The summed E-state index contributed by atoms with van der Waals surface area (Å²) >= 11 is 0. The molecule has 57 valence electrons. The molecule has 8 heteroatoms. The Morgan fingerprint density at radius 2 is 1.50 bits per heavy atom. The third-order valence-corrected chi connectivity index (χ3v) is 0.202. The van der Waals surface area contributed by atoms with E-state index in [2.05, 4.69) is 9.98 Å². The number of quaternary nitrogens is 1. The van der Waals surface area contributed by atoms with Crippen molar-refractivity contribution in [2.24, 2.45) is 0 Å². The first-order valence-electron chi connectivity index (χ1n) is 0.914. The monoisotopic (exact) mass is 300 g/mol. The second-order valence-electron chi connectivity index (χ2n) is 0.618. The molecule has 0 bridgehead atoms. The molecule has 5 nitrogen and oxygen atoms in total. The first kappa shape index (κ1) is 16.3. The third kappa shape index (κ3) is 7.64. The zero-order valence-electron chi connectivity index (χ0n) is 3.17. The molecule has 1 aliphatic rings. The summed E-state index contributed by atoms with van der Waals surface area (Å²) in [4.78, 5) is 6.67. The second-order valence-corrected chi connectivity index (χ2v) is 0.618. The first-order chi connectivity index (χ1) is 2.21. The maximum atomic E-state index is 9.26. The van der Waals surface area contributed by atoms with Gasteiger partial charge in [-0.3, -0.25) is 0 Å². The first-order valence-corrected chi connectivity index (χ1v) is 0.914. The molecule has 1 fully saturated rings. The Morgan fingerprint density at radius 1 is 1.38 bits per heavy atom. The van der Waals surface area contributed by atoms with Gasteiger partial charge in [-0.25, -0.2) is 0 Å². The van der Waals surface area contributed by atoms with Gasteiger partial charge < -0.3 is 5.21 Å². The molecule has 0 saturated carbocycles. The van der Waals surface area contributed by atoms with E-state index in [-0.39, 0.29) is 58.0 Å². The van der Waals surface area contributed by atoms with E-state index in [9.17, 15) is 5.21 Å². The number of hydrogen-bond donors (Lipinski definition) is 1. The van der Waals surface area contributed by atoms with E-state index in [0.29, 0.717) is 0 Å².